The third-order valence-electron chi connectivity index (χ3n) is 7.07. The maximum absolute atomic E-state index is 5.45. The molecule has 0 N–H and O–H groups in total. The summed E-state index contributed by atoms with van der Waals surface area (Å²) in [5, 5.41) is 0. The first-order valence-corrected chi connectivity index (χ1v) is 13.0. The summed E-state index contributed by atoms with van der Waals surface area (Å²) in [7, 11) is 6.57. The Morgan fingerprint density at radius 2 is 0.897 bits per heavy atom. The topological polar surface area (TPSA) is 69.2 Å². The third-order valence-corrected chi connectivity index (χ3v) is 7.07. The van der Waals surface area contributed by atoms with Crippen molar-refractivity contribution in [3.8, 4) is 45.3 Å². The summed E-state index contributed by atoms with van der Waals surface area (Å²) in [6.45, 7) is 3.65. The fraction of sp³-hybridized carbons (Fsp3) is 0.290. The van der Waals surface area contributed by atoms with Crippen LogP contribution in [0.25, 0.3) is 22.3 Å². The van der Waals surface area contributed by atoms with Crippen molar-refractivity contribution in [2.24, 2.45) is 0 Å². The van der Waals surface area contributed by atoms with Crippen LogP contribution in [0, 0.1) is 0 Å². The molecule has 1 saturated heterocycles. The third kappa shape index (κ3) is 5.70. The van der Waals surface area contributed by atoms with E-state index < -0.39 is 0 Å². The Labute approximate surface area is 229 Å². The molecule has 0 aliphatic carbocycles. The minimum absolute atomic E-state index is 0.706. The molecule has 0 radical (unpaired) electrons. The number of aromatic nitrogens is 2. The second-order valence-corrected chi connectivity index (χ2v) is 9.28. The van der Waals surface area contributed by atoms with Crippen LogP contribution in [0.1, 0.15) is 6.42 Å². The highest BCUT2D eigenvalue weighted by Crippen LogP contribution is 2.34. The lowest BCUT2D eigenvalue weighted by Gasteiger charge is -2.23. The molecule has 5 rings (SSSR count). The average molecular weight is 527 g/mol. The van der Waals surface area contributed by atoms with E-state index in [4.69, 9.17) is 28.9 Å². The van der Waals surface area contributed by atoms with Crippen LogP contribution in [0.2, 0.25) is 0 Å². The molecule has 2 aromatic heterocycles. The molecular formula is C31H34N4O4. The minimum atomic E-state index is 0.706. The first-order chi connectivity index (χ1) is 19.1. The molecule has 2 aromatic carbocycles. The van der Waals surface area contributed by atoms with E-state index in [2.05, 4.69) is 34.1 Å². The SMILES string of the molecule is COc1ccc(-c2ccc(N3CCCN(c4ccc(-c5ccc(OC)c(OC)c5)cn4)CC3)nc2)cc1OC. The monoisotopic (exact) mass is 526 g/mol. The average Bonchev–Trinajstić information content (AvgIpc) is 3.27. The lowest BCUT2D eigenvalue weighted by Crippen LogP contribution is -2.31. The highest BCUT2D eigenvalue weighted by Gasteiger charge is 2.18. The summed E-state index contributed by atoms with van der Waals surface area (Å²) in [6.07, 6.45) is 4.87. The Hall–Kier alpha value is -4.46. The first-order valence-electron chi connectivity index (χ1n) is 13.0. The molecular weight excluding hydrogens is 492 g/mol. The molecule has 0 saturated carbocycles. The highest BCUT2D eigenvalue weighted by atomic mass is 16.5. The van der Waals surface area contributed by atoms with Gasteiger partial charge in [-0.15, -0.1) is 0 Å². The predicted molar refractivity (Wildman–Crippen MR) is 155 cm³/mol. The van der Waals surface area contributed by atoms with Crippen molar-refractivity contribution in [2.45, 2.75) is 6.42 Å². The van der Waals surface area contributed by atoms with Gasteiger partial charge >= 0.3 is 0 Å². The maximum Gasteiger partial charge on any atom is 0.161 e. The van der Waals surface area contributed by atoms with Gasteiger partial charge in [-0.2, -0.15) is 0 Å². The number of benzene rings is 2. The summed E-state index contributed by atoms with van der Waals surface area (Å²) >= 11 is 0. The second kappa shape index (κ2) is 11.9. The van der Waals surface area contributed by atoms with Crippen LogP contribution in [0.3, 0.4) is 0 Å². The molecule has 1 aliphatic rings. The maximum atomic E-state index is 5.45. The molecule has 3 heterocycles. The summed E-state index contributed by atoms with van der Waals surface area (Å²) in [5.41, 5.74) is 4.15. The fourth-order valence-electron chi connectivity index (χ4n) is 4.89. The van der Waals surface area contributed by atoms with Crippen molar-refractivity contribution in [1.82, 2.24) is 9.97 Å². The van der Waals surface area contributed by atoms with Gasteiger partial charge in [0.25, 0.3) is 0 Å². The highest BCUT2D eigenvalue weighted by molar-refractivity contribution is 5.68. The van der Waals surface area contributed by atoms with Gasteiger partial charge in [-0.1, -0.05) is 12.1 Å². The lowest BCUT2D eigenvalue weighted by atomic mass is 10.1. The Morgan fingerprint density at radius 3 is 1.26 bits per heavy atom. The molecule has 8 heteroatoms. The van der Waals surface area contributed by atoms with Gasteiger partial charge in [0, 0.05) is 49.7 Å². The Balaban J connectivity index is 1.24. The van der Waals surface area contributed by atoms with Crippen molar-refractivity contribution in [2.75, 3.05) is 64.4 Å². The van der Waals surface area contributed by atoms with Crippen LogP contribution in [0.4, 0.5) is 11.6 Å². The van der Waals surface area contributed by atoms with Gasteiger partial charge in [0.1, 0.15) is 11.6 Å². The van der Waals surface area contributed by atoms with Gasteiger partial charge in [0.15, 0.2) is 23.0 Å². The van der Waals surface area contributed by atoms with E-state index >= 15 is 0 Å². The van der Waals surface area contributed by atoms with E-state index in [1.165, 1.54) is 0 Å². The lowest BCUT2D eigenvalue weighted by molar-refractivity contribution is 0.355. The fourth-order valence-corrected chi connectivity index (χ4v) is 4.89. The van der Waals surface area contributed by atoms with E-state index in [-0.39, 0.29) is 0 Å². The number of methoxy groups -OCH3 is 4. The number of rotatable bonds is 8. The van der Waals surface area contributed by atoms with Crippen molar-refractivity contribution >= 4 is 11.6 Å². The quantitative estimate of drug-likeness (QED) is 0.296. The molecule has 8 nitrogen and oxygen atoms in total. The summed E-state index contributed by atoms with van der Waals surface area (Å²) in [5.74, 6) is 4.81. The Bertz CT molecular complexity index is 1290. The van der Waals surface area contributed by atoms with Gasteiger partial charge in [0.2, 0.25) is 0 Å². The zero-order valence-electron chi connectivity index (χ0n) is 22.9. The van der Waals surface area contributed by atoms with Crippen molar-refractivity contribution in [3.05, 3.63) is 73.1 Å². The number of ether oxygens (including phenoxy) is 4. The molecule has 39 heavy (non-hydrogen) atoms. The zero-order valence-corrected chi connectivity index (χ0v) is 22.9. The molecule has 0 spiro atoms. The number of anilines is 2. The number of pyridine rings is 2. The zero-order chi connectivity index (χ0) is 27.2. The predicted octanol–water partition coefficient (Wildman–Crippen LogP) is 5.56. The second-order valence-electron chi connectivity index (χ2n) is 9.28. The number of hydrogen-bond acceptors (Lipinski definition) is 8. The van der Waals surface area contributed by atoms with Crippen molar-refractivity contribution in [1.29, 1.82) is 0 Å². The first kappa shape index (κ1) is 26.2. The van der Waals surface area contributed by atoms with Gasteiger partial charge in [-0.25, -0.2) is 9.97 Å². The molecule has 1 aliphatic heterocycles. The van der Waals surface area contributed by atoms with E-state index in [0.717, 1.165) is 66.5 Å². The van der Waals surface area contributed by atoms with Gasteiger partial charge in [-0.05, 0) is 66.1 Å². The smallest absolute Gasteiger partial charge is 0.161 e. The molecule has 202 valence electrons. The normalized spacial score (nSPS) is 13.5. The van der Waals surface area contributed by atoms with E-state index in [1.807, 2.05) is 48.8 Å². The van der Waals surface area contributed by atoms with Crippen LogP contribution in [0.5, 0.6) is 23.0 Å². The van der Waals surface area contributed by atoms with E-state index in [9.17, 15) is 0 Å². The molecule has 0 bridgehead atoms. The van der Waals surface area contributed by atoms with Gasteiger partial charge < -0.3 is 28.7 Å². The molecule has 0 atom stereocenters. The summed E-state index contributed by atoms with van der Waals surface area (Å²) in [6, 6.07) is 20.2. The number of nitrogens with zero attached hydrogens (tertiary/aromatic N) is 4. The van der Waals surface area contributed by atoms with Crippen LogP contribution in [-0.4, -0.2) is 64.6 Å². The minimum Gasteiger partial charge on any atom is -0.493 e. The number of hydrogen-bond donors (Lipinski definition) is 0. The van der Waals surface area contributed by atoms with Crippen LogP contribution in [0.15, 0.2) is 73.1 Å². The van der Waals surface area contributed by atoms with Crippen LogP contribution >= 0.6 is 0 Å². The largest absolute Gasteiger partial charge is 0.493 e. The Kier molecular flexibility index (Phi) is 8.01. The van der Waals surface area contributed by atoms with Gasteiger partial charge in [0.05, 0.1) is 28.4 Å². The summed E-state index contributed by atoms with van der Waals surface area (Å²) < 4.78 is 21.6. The molecule has 4 aromatic rings. The standard InChI is InChI=1S/C31H34N4O4/c1-36-26-10-6-22(18-28(26)38-3)24-8-12-30(32-20-24)34-14-5-15-35(17-16-34)31-13-9-25(21-33-31)23-7-11-27(37-2)29(19-23)39-4/h6-13,18-21H,5,14-17H2,1-4H3. The Morgan fingerprint density at radius 1 is 0.487 bits per heavy atom. The summed E-state index contributed by atoms with van der Waals surface area (Å²) in [4.78, 5) is 14.3. The molecule has 0 amide bonds. The van der Waals surface area contributed by atoms with E-state index in [1.54, 1.807) is 28.4 Å². The van der Waals surface area contributed by atoms with E-state index in [0.29, 0.717) is 23.0 Å². The van der Waals surface area contributed by atoms with Crippen LogP contribution < -0.4 is 28.7 Å². The molecule has 0 unspecified atom stereocenters. The van der Waals surface area contributed by atoms with Gasteiger partial charge in [-0.3, -0.25) is 0 Å². The van der Waals surface area contributed by atoms with Crippen molar-refractivity contribution < 1.29 is 18.9 Å². The van der Waals surface area contributed by atoms with Crippen molar-refractivity contribution in [3.63, 3.8) is 0 Å². The van der Waals surface area contributed by atoms with Crippen LogP contribution in [-0.2, 0) is 0 Å². The molecule has 1 fully saturated rings.